The largest absolute Gasteiger partial charge is 0.378 e. The Bertz CT molecular complexity index is 494. The van der Waals surface area contributed by atoms with Crippen LogP contribution in [-0.2, 0) is 13.6 Å². The van der Waals surface area contributed by atoms with Crippen LogP contribution in [0.1, 0.15) is 5.69 Å². The number of rotatable bonds is 3. The average molecular weight is 239 g/mol. The number of hydrogen-bond acceptors (Lipinski definition) is 1. The third-order valence-electron chi connectivity index (χ3n) is 2.44. The zero-order chi connectivity index (χ0) is 11.5. The Balaban J connectivity index is 2.08. The van der Waals surface area contributed by atoms with Crippen LogP contribution in [0.25, 0.3) is 0 Å². The fourth-order valence-corrected chi connectivity index (χ4v) is 1.73. The molecule has 1 heterocycles. The van der Waals surface area contributed by atoms with Gasteiger partial charge in [0.1, 0.15) is 5.82 Å². The molecule has 0 fully saturated rings. The fraction of sp³-hybridized carbons (Fsp3) is 0.167. The quantitative estimate of drug-likeness (QED) is 0.867. The van der Waals surface area contributed by atoms with Gasteiger partial charge in [-0.2, -0.15) is 0 Å². The second kappa shape index (κ2) is 4.58. The van der Waals surface area contributed by atoms with Gasteiger partial charge in [0, 0.05) is 18.9 Å². The van der Waals surface area contributed by atoms with E-state index in [1.165, 1.54) is 12.1 Å². The Labute approximate surface area is 98.7 Å². The van der Waals surface area contributed by atoms with Gasteiger partial charge in [-0.05, 0) is 30.3 Å². The van der Waals surface area contributed by atoms with Gasteiger partial charge in [-0.15, -0.1) is 0 Å². The van der Waals surface area contributed by atoms with Gasteiger partial charge in [0.05, 0.1) is 17.3 Å². The molecular formula is C12H12ClFN2. The highest BCUT2D eigenvalue weighted by atomic mass is 35.5. The molecule has 1 aromatic carbocycles. The summed E-state index contributed by atoms with van der Waals surface area (Å²) >= 11 is 5.90. The second-order valence-corrected chi connectivity index (χ2v) is 4.00. The molecule has 0 unspecified atom stereocenters. The first-order valence-electron chi connectivity index (χ1n) is 4.96. The van der Waals surface area contributed by atoms with E-state index in [1.807, 2.05) is 29.9 Å². The van der Waals surface area contributed by atoms with Gasteiger partial charge in [-0.1, -0.05) is 11.6 Å². The predicted octanol–water partition coefficient (Wildman–Crippen LogP) is 3.43. The molecule has 2 rings (SSSR count). The Kier molecular flexibility index (Phi) is 3.15. The number of nitrogens with one attached hydrogen (secondary N) is 1. The van der Waals surface area contributed by atoms with E-state index in [0.29, 0.717) is 11.6 Å². The van der Waals surface area contributed by atoms with Crippen molar-refractivity contribution in [2.45, 2.75) is 6.54 Å². The minimum Gasteiger partial charge on any atom is -0.378 e. The van der Waals surface area contributed by atoms with E-state index < -0.39 is 0 Å². The molecule has 4 heteroatoms. The van der Waals surface area contributed by atoms with Crippen LogP contribution in [0.4, 0.5) is 10.1 Å². The summed E-state index contributed by atoms with van der Waals surface area (Å²) in [6.07, 6.45) is 1.98. The molecule has 0 saturated heterocycles. The summed E-state index contributed by atoms with van der Waals surface area (Å²) in [7, 11) is 1.98. The summed E-state index contributed by atoms with van der Waals surface area (Å²) in [5, 5.41) is 3.56. The first kappa shape index (κ1) is 11.0. The molecule has 0 bridgehead atoms. The molecule has 84 valence electrons. The van der Waals surface area contributed by atoms with Crippen LogP contribution in [0.3, 0.4) is 0 Å². The van der Waals surface area contributed by atoms with Crippen molar-refractivity contribution in [3.63, 3.8) is 0 Å². The van der Waals surface area contributed by atoms with E-state index in [2.05, 4.69) is 5.32 Å². The highest BCUT2D eigenvalue weighted by molar-refractivity contribution is 6.33. The molecule has 0 radical (unpaired) electrons. The maximum Gasteiger partial charge on any atom is 0.124 e. The molecule has 2 aromatic rings. The Morgan fingerprint density at radius 2 is 2.19 bits per heavy atom. The molecule has 1 aromatic heterocycles. The van der Waals surface area contributed by atoms with Crippen molar-refractivity contribution in [1.82, 2.24) is 4.57 Å². The lowest BCUT2D eigenvalue weighted by molar-refractivity contribution is 0.628. The molecule has 1 N–H and O–H groups in total. The van der Waals surface area contributed by atoms with Crippen molar-refractivity contribution in [1.29, 1.82) is 0 Å². The van der Waals surface area contributed by atoms with Gasteiger partial charge >= 0.3 is 0 Å². The van der Waals surface area contributed by atoms with Gasteiger partial charge in [0.15, 0.2) is 0 Å². The van der Waals surface area contributed by atoms with E-state index in [-0.39, 0.29) is 5.82 Å². The number of hydrogen-bond donors (Lipinski definition) is 1. The Hall–Kier alpha value is -1.48. The number of nitrogens with zero attached hydrogens (tertiary/aromatic N) is 1. The molecule has 0 saturated carbocycles. The molecule has 16 heavy (non-hydrogen) atoms. The maximum atomic E-state index is 12.8. The van der Waals surface area contributed by atoms with E-state index in [9.17, 15) is 4.39 Å². The van der Waals surface area contributed by atoms with Crippen molar-refractivity contribution >= 4 is 17.3 Å². The number of halogens is 2. The van der Waals surface area contributed by atoms with Gasteiger partial charge in [-0.25, -0.2) is 4.39 Å². The van der Waals surface area contributed by atoms with Crippen molar-refractivity contribution in [2.24, 2.45) is 7.05 Å². The van der Waals surface area contributed by atoms with Crippen LogP contribution in [0, 0.1) is 5.82 Å². The minimum atomic E-state index is -0.325. The predicted molar refractivity (Wildman–Crippen MR) is 64.1 cm³/mol. The van der Waals surface area contributed by atoms with E-state index in [1.54, 1.807) is 6.07 Å². The lowest BCUT2D eigenvalue weighted by atomic mass is 10.3. The summed E-state index contributed by atoms with van der Waals surface area (Å²) in [4.78, 5) is 0. The topological polar surface area (TPSA) is 17.0 Å². The first-order valence-corrected chi connectivity index (χ1v) is 5.34. The Morgan fingerprint density at radius 1 is 1.38 bits per heavy atom. The number of aromatic nitrogens is 1. The minimum absolute atomic E-state index is 0.325. The normalized spacial score (nSPS) is 10.4. The third-order valence-corrected chi connectivity index (χ3v) is 2.76. The summed E-state index contributed by atoms with van der Waals surface area (Å²) in [6.45, 7) is 0.662. The number of anilines is 1. The summed E-state index contributed by atoms with van der Waals surface area (Å²) in [5.41, 5.74) is 1.88. The molecule has 0 spiro atoms. The first-order chi connectivity index (χ1) is 7.66. The van der Waals surface area contributed by atoms with Crippen LogP contribution in [0.2, 0.25) is 5.02 Å². The van der Waals surface area contributed by atoms with E-state index >= 15 is 0 Å². The molecule has 0 aliphatic rings. The summed E-state index contributed by atoms with van der Waals surface area (Å²) in [6, 6.07) is 8.32. The third kappa shape index (κ3) is 2.36. The van der Waals surface area contributed by atoms with Gasteiger partial charge in [0.25, 0.3) is 0 Å². The Morgan fingerprint density at radius 3 is 2.81 bits per heavy atom. The van der Waals surface area contributed by atoms with Crippen LogP contribution < -0.4 is 5.32 Å². The van der Waals surface area contributed by atoms with Crippen molar-refractivity contribution in [2.75, 3.05) is 5.32 Å². The fourth-order valence-electron chi connectivity index (χ4n) is 1.50. The van der Waals surface area contributed by atoms with Gasteiger partial charge < -0.3 is 9.88 Å². The van der Waals surface area contributed by atoms with E-state index in [4.69, 9.17) is 11.6 Å². The van der Waals surface area contributed by atoms with Crippen LogP contribution in [-0.4, -0.2) is 4.57 Å². The average Bonchev–Trinajstić information content (AvgIpc) is 2.63. The van der Waals surface area contributed by atoms with Gasteiger partial charge in [0.2, 0.25) is 0 Å². The molecular weight excluding hydrogens is 227 g/mol. The molecule has 0 atom stereocenters. The highest BCUT2D eigenvalue weighted by Gasteiger charge is 2.02. The van der Waals surface area contributed by atoms with E-state index in [0.717, 1.165) is 11.4 Å². The van der Waals surface area contributed by atoms with Gasteiger partial charge in [-0.3, -0.25) is 0 Å². The zero-order valence-electron chi connectivity index (χ0n) is 8.87. The van der Waals surface area contributed by atoms with Crippen LogP contribution in [0.5, 0.6) is 0 Å². The molecule has 0 aliphatic heterocycles. The zero-order valence-corrected chi connectivity index (χ0v) is 9.63. The standard InChI is InChI=1S/C12H12ClFN2/c1-16-6-2-3-10(16)8-15-12-5-4-9(14)7-11(12)13/h2-7,15H,8H2,1H3. The van der Waals surface area contributed by atoms with Crippen molar-refractivity contribution < 1.29 is 4.39 Å². The maximum absolute atomic E-state index is 12.8. The van der Waals surface area contributed by atoms with Crippen molar-refractivity contribution in [3.8, 4) is 0 Å². The van der Waals surface area contributed by atoms with Crippen LogP contribution in [0.15, 0.2) is 36.5 Å². The monoisotopic (exact) mass is 238 g/mol. The summed E-state index contributed by atoms with van der Waals surface area (Å²) in [5.74, 6) is -0.325. The second-order valence-electron chi connectivity index (χ2n) is 3.59. The number of aryl methyl sites for hydroxylation is 1. The SMILES string of the molecule is Cn1cccc1CNc1ccc(F)cc1Cl. The van der Waals surface area contributed by atoms with Crippen LogP contribution >= 0.6 is 11.6 Å². The van der Waals surface area contributed by atoms with Crippen molar-refractivity contribution in [3.05, 3.63) is 53.1 Å². The molecule has 0 amide bonds. The lowest BCUT2D eigenvalue weighted by Gasteiger charge is -2.09. The number of benzene rings is 1. The highest BCUT2D eigenvalue weighted by Crippen LogP contribution is 2.22. The molecule has 0 aliphatic carbocycles. The molecule has 2 nitrogen and oxygen atoms in total. The lowest BCUT2D eigenvalue weighted by Crippen LogP contribution is -2.04. The smallest absolute Gasteiger partial charge is 0.124 e. The summed E-state index contributed by atoms with van der Waals surface area (Å²) < 4.78 is 14.8.